The SMILES string of the molecule is CCCN1C(=O)O[C@](C)(Cc2ccccc2)[C@@]1(C)O. The molecule has 1 N–H and O–H groups in total. The van der Waals surface area contributed by atoms with Gasteiger partial charge in [0.15, 0.2) is 11.3 Å². The number of rotatable bonds is 4. The molecule has 0 aliphatic carbocycles. The van der Waals surface area contributed by atoms with Crippen molar-refractivity contribution in [3.63, 3.8) is 0 Å². The molecule has 0 saturated carbocycles. The van der Waals surface area contributed by atoms with Crippen molar-refractivity contribution in [2.24, 2.45) is 0 Å². The van der Waals surface area contributed by atoms with Crippen molar-refractivity contribution in [3.8, 4) is 0 Å². The lowest BCUT2D eigenvalue weighted by molar-refractivity contribution is -0.135. The van der Waals surface area contributed by atoms with E-state index in [1.165, 1.54) is 4.90 Å². The van der Waals surface area contributed by atoms with E-state index >= 15 is 0 Å². The van der Waals surface area contributed by atoms with E-state index in [1.807, 2.05) is 37.3 Å². The van der Waals surface area contributed by atoms with Gasteiger partial charge >= 0.3 is 6.09 Å². The molecule has 1 heterocycles. The Balaban J connectivity index is 2.26. The summed E-state index contributed by atoms with van der Waals surface area (Å²) in [5.41, 5.74) is -1.19. The fourth-order valence-electron chi connectivity index (χ4n) is 2.53. The molecule has 104 valence electrons. The minimum absolute atomic E-state index is 0.440. The van der Waals surface area contributed by atoms with Crippen LogP contribution in [0.15, 0.2) is 30.3 Å². The van der Waals surface area contributed by atoms with Crippen molar-refractivity contribution in [2.45, 2.75) is 44.9 Å². The molecule has 1 fully saturated rings. The van der Waals surface area contributed by atoms with Crippen LogP contribution >= 0.6 is 0 Å². The third-order valence-electron chi connectivity index (χ3n) is 3.89. The topological polar surface area (TPSA) is 49.8 Å². The van der Waals surface area contributed by atoms with Crippen LogP contribution in [-0.2, 0) is 11.2 Å². The molecular formula is C15H21NO3. The summed E-state index contributed by atoms with van der Waals surface area (Å²) in [5.74, 6) is 0. The molecule has 1 aromatic rings. The van der Waals surface area contributed by atoms with Crippen molar-refractivity contribution >= 4 is 6.09 Å². The molecule has 2 rings (SSSR count). The lowest BCUT2D eigenvalue weighted by Gasteiger charge is -2.37. The zero-order valence-electron chi connectivity index (χ0n) is 11.7. The van der Waals surface area contributed by atoms with E-state index in [-0.39, 0.29) is 0 Å². The molecule has 1 aromatic carbocycles. The molecule has 0 aromatic heterocycles. The summed E-state index contributed by atoms with van der Waals surface area (Å²) < 4.78 is 5.47. The van der Waals surface area contributed by atoms with E-state index in [2.05, 4.69) is 0 Å². The lowest BCUT2D eigenvalue weighted by Crippen LogP contribution is -2.56. The minimum Gasteiger partial charge on any atom is -0.438 e. The third-order valence-corrected chi connectivity index (χ3v) is 3.89. The van der Waals surface area contributed by atoms with E-state index in [0.29, 0.717) is 13.0 Å². The van der Waals surface area contributed by atoms with Crippen LogP contribution in [0.3, 0.4) is 0 Å². The number of amides is 1. The largest absolute Gasteiger partial charge is 0.438 e. The van der Waals surface area contributed by atoms with Crippen molar-refractivity contribution in [1.82, 2.24) is 4.90 Å². The number of aliphatic hydroxyl groups is 1. The van der Waals surface area contributed by atoms with Gasteiger partial charge in [-0.05, 0) is 25.8 Å². The van der Waals surface area contributed by atoms with E-state index in [4.69, 9.17) is 4.74 Å². The lowest BCUT2D eigenvalue weighted by atomic mass is 9.86. The van der Waals surface area contributed by atoms with Crippen molar-refractivity contribution in [1.29, 1.82) is 0 Å². The average molecular weight is 263 g/mol. The van der Waals surface area contributed by atoms with Crippen LogP contribution in [0.25, 0.3) is 0 Å². The van der Waals surface area contributed by atoms with E-state index in [9.17, 15) is 9.90 Å². The quantitative estimate of drug-likeness (QED) is 0.908. The van der Waals surface area contributed by atoms with Gasteiger partial charge in [0.25, 0.3) is 0 Å². The molecule has 4 heteroatoms. The Hall–Kier alpha value is -1.55. The maximum atomic E-state index is 11.9. The summed E-state index contributed by atoms with van der Waals surface area (Å²) in [4.78, 5) is 13.3. The van der Waals surface area contributed by atoms with E-state index in [0.717, 1.165) is 12.0 Å². The van der Waals surface area contributed by atoms with Gasteiger partial charge in [-0.15, -0.1) is 0 Å². The van der Waals surface area contributed by atoms with Crippen LogP contribution in [0.2, 0.25) is 0 Å². The first-order valence-corrected chi connectivity index (χ1v) is 6.67. The Morgan fingerprint density at radius 1 is 1.26 bits per heavy atom. The van der Waals surface area contributed by atoms with Crippen LogP contribution in [-0.4, -0.2) is 34.0 Å². The number of ether oxygens (including phenoxy) is 1. The Morgan fingerprint density at radius 2 is 1.89 bits per heavy atom. The first kappa shape index (κ1) is 13.9. The highest BCUT2D eigenvalue weighted by atomic mass is 16.6. The molecular weight excluding hydrogens is 242 g/mol. The molecule has 4 nitrogen and oxygen atoms in total. The minimum atomic E-state index is -1.30. The highest BCUT2D eigenvalue weighted by molar-refractivity contribution is 5.72. The zero-order chi connectivity index (χ0) is 14.1. The fourth-order valence-corrected chi connectivity index (χ4v) is 2.53. The molecule has 2 atom stereocenters. The maximum Gasteiger partial charge on any atom is 0.412 e. The third kappa shape index (κ3) is 2.32. The summed E-state index contributed by atoms with van der Waals surface area (Å²) in [6, 6.07) is 9.76. The molecule has 1 aliphatic heterocycles. The normalized spacial score (nSPS) is 30.5. The van der Waals surface area contributed by atoms with Gasteiger partial charge < -0.3 is 9.84 Å². The number of cyclic esters (lactones) is 1. The Labute approximate surface area is 114 Å². The van der Waals surface area contributed by atoms with Gasteiger partial charge in [0.1, 0.15) is 0 Å². The van der Waals surface area contributed by atoms with E-state index < -0.39 is 17.4 Å². The summed E-state index contributed by atoms with van der Waals surface area (Å²) in [6.45, 7) is 5.90. The summed E-state index contributed by atoms with van der Waals surface area (Å²) in [7, 11) is 0. The zero-order valence-corrected chi connectivity index (χ0v) is 11.7. The molecule has 0 radical (unpaired) electrons. The van der Waals surface area contributed by atoms with Gasteiger partial charge in [-0.1, -0.05) is 37.3 Å². The molecule has 0 bridgehead atoms. The number of nitrogens with zero attached hydrogens (tertiary/aromatic N) is 1. The molecule has 0 spiro atoms. The Kier molecular flexibility index (Phi) is 3.54. The van der Waals surface area contributed by atoms with Crippen LogP contribution in [0.5, 0.6) is 0 Å². The predicted octanol–water partition coefficient (Wildman–Crippen LogP) is 2.56. The van der Waals surface area contributed by atoms with Crippen molar-refractivity contribution in [3.05, 3.63) is 35.9 Å². The molecule has 19 heavy (non-hydrogen) atoms. The van der Waals surface area contributed by atoms with Gasteiger partial charge in [-0.3, -0.25) is 4.90 Å². The second-order valence-corrected chi connectivity index (χ2v) is 5.43. The molecule has 1 saturated heterocycles. The van der Waals surface area contributed by atoms with E-state index in [1.54, 1.807) is 13.8 Å². The highest BCUT2D eigenvalue weighted by Gasteiger charge is 2.58. The van der Waals surface area contributed by atoms with Gasteiger partial charge in [-0.25, -0.2) is 4.79 Å². The Bertz CT molecular complexity index is 458. The molecule has 1 aliphatic rings. The smallest absolute Gasteiger partial charge is 0.412 e. The first-order chi connectivity index (χ1) is 8.90. The van der Waals surface area contributed by atoms with Crippen LogP contribution in [0.1, 0.15) is 32.8 Å². The van der Waals surface area contributed by atoms with Gasteiger partial charge in [0, 0.05) is 13.0 Å². The van der Waals surface area contributed by atoms with Crippen LogP contribution < -0.4 is 0 Å². The monoisotopic (exact) mass is 263 g/mol. The van der Waals surface area contributed by atoms with Crippen molar-refractivity contribution in [2.75, 3.05) is 6.54 Å². The number of carbonyl (C=O) groups excluding carboxylic acids is 1. The summed E-state index contributed by atoms with van der Waals surface area (Å²) in [6.07, 6.45) is 0.838. The van der Waals surface area contributed by atoms with Crippen LogP contribution in [0.4, 0.5) is 4.79 Å². The van der Waals surface area contributed by atoms with Gasteiger partial charge in [0.2, 0.25) is 0 Å². The maximum absolute atomic E-state index is 11.9. The van der Waals surface area contributed by atoms with Gasteiger partial charge in [-0.2, -0.15) is 0 Å². The molecule has 1 amide bonds. The van der Waals surface area contributed by atoms with Crippen molar-refractivity contribution < 1.29 is 14.6 Å². The number of carbonyl (C=O) groups is 1. The predicted molar refractivity (Wildman–Crippen MR) is 72.7 cm³/mol. The fraction of sp³-hybridized carbons (Fsp3) is 0.533. The Morgan fingerprint density at radius 3 is 2.47 bits per heavy atom. The number of hydrogen-bond donors (Lipinski definition) is 1. The summed E-state index contributed by atoms with van der Waals surface area (Å²) >= 11 is 0. The summed E-state index contributed by atoms with van der Waals surface area (Å²) in [5, 5.41) is 10.7. The van der Waals surface area contributed by atoms with Crippen LogP contribution in [0, 0.1) is 0 Å². The highest BCUT2D eigenvalue weighted by Crippen LogP contribution is 2.39. The number of benzene rings is 1. The number of hydrogen-bond acceptors (Lipinski definition) is 3. The average Bonchev–Trinajstić information content (AvgIpc) is 2.51. The second-order valence-electron chi connectivity index (χ2n) is 5.43. The standard InChI is InChI=1S/C15H21NO3/c1-4-10-16-13(17)19-14(2,15(16,3)18)11-12-8-6-5-7-9-12/h5-9,18H,4,10-11H2,1-3H3/t14-,15-/m1/s1. The first-order valence-electron chi connectivity index (χ1n) is 6.67. The molecule has 0 unspecified atom stereocenters. The second kappa shape index (κ2) is 4.85. The van der Waals surface area contributed by atoms with Gasteiger partial charge in [0.05, 0.1) is 0 Å².